The van der Waals surface area contributed by atoms with Gasteiger partial charge in [-0.25, -0.2) is 0 Å². The Morgan fingerprint density at radius 2 is 1.70 bits per heavy atom. The third kappa shape index (κ3) is 4.44. The molecule has 1 aliphatic heterocycles. The van der Waals surface area contributed by atoms with Gasteiger partial charge in [-0.15, -0.1) is 0 Å². The fraction of sp³-hybridized carbons (Fsp3) is 0.250. The summed E-state index contributed by atoms with van der Waals surface area (Å²) >= 11 is 0. The Kier molecular flexibility index (Phi) is 5.71. The maximum absolute atomic E-state index is 12.7. The molecule has 2 aromatic rings. The number of carbonyl (C=O) groups is 3. The minimum absolute atomic E-state index is 0.142. The second-order valence-corrected chi connectivity index (χ2v) is 6.20. The molecule has 0 bridgehead atoms. The molecule has 1 N–H and O–H groups in total. The van der Waals surface area contributed by atoms with Crippen molar-refractivity contribution in [3.8, 4) is 5.75 Å². The van der Waals surface area contributed by atoms with E-state index in [-0.39, 0.29) is 11.8 Å². The number of amides is 3. The van der Waals surface area contributed by atoms with Gasteiger partial charge in [-0.1, -0.05) is 12.1 Å². The van der Waals surface area contributed by atoms with Gasteiger partial charge in [0.05, 0.1) is 7.11 Å². The first-order chi connectivity index (χ1) is 13.1. The maximum Gasteiger partial charge on any atom is 0.255 e. The summed E-state index contributed by atoms with van der Waals surface area (Å²) in [6, 6.07) is 13.7. The standard InChI is InChI=1S/C20H21N3O4/c1-27-18-7-3-6-17(13-18)21-19(25)15-4-2-5-16(12-15)20(26)23-10-8-22(14-24)9-11-23/h2-7,12-14H,8-11H2,1H3,(H,21,25). The van der Waals surface area contributed by atoms with Crippen LogP contribution in [0, 0.1) is 0 Å². The van der Waals surface area contributed by atoms with Crippen molar-refractivity contribution in [3.05, 3.63) is 59.7 Å². The Balaban J connectivity index is 1.70. The molecule has 0 spiro atoms. The Morgan fingerprint density at radius 1 is 1.00 bits per heavy atom. The highest BCUT2D eigenvalue weighted by Crippen LogP contribution is 2.18. The largest absolute Gasteiger partial charge is 0.497 e. The summed E-state index contributed by atoms with van der Waals surface area (Å²) in [6.45, 7) is 2.01. The number of anilines is 1. The lowest BCUT2D eigenvalue weighted by Gasteiger charge is -2.32. The molecule has 0 aliphatic carbocycles. The highest BCUT2D eigenvalue weighted by Gasteiger charge is 2.22. The first kappa shape index (κ1) is 18.4. The van der Waals surface area contributed by atoms with Gasteiger partial charge in [0.1, 0.15) is 5.75 Å². The van der Waals surface area contributed by atoms with Crippen molar-refractivity contribution in [1.29, 1.82) is 0 Å². The molecule has 1 fully saturated rings. The average molecular weight is 367 g/mol. The molecule has 1 aliphatic rings. The molecule has 3 rings (SSSR count). The predicted octanol–water partition coefficient (Wildman–Crippen LogP) is 1.86. The molecule has 0 unspecified atom stereocenters. The van der Waals surface area contributed by atoms with E-state index in [1.54, 1.807) is 65.4 Å². The van der Waals surface area contributed by atoms with Crippen LogP contribution in [0.1, 0.15) is 20.7 Å². The van der Waals surface area contributed by atoms with Crippen molar-refractivity contribution < 1.29 is 19.1 Å². The van der Waals surface area contributed by atoms with Crippen LogP contribution in [0.4, 0.5) is 5.69 Å². The Morgan fingerprint density at radius 3 is 2.41 bits per heavy atom. The summed E-state index contributed by atoms with van der Waals surface area (Å²) in [7, 11) is 1.56. The summed E-state index contributed by atoms with van der Waals surface area (Å²) in [4.78, 5) is 39.3. The Labute approximate surface area is 157 Å². The van der Waals surface area contributed by atoms with E-state index in [4.69, 9.17) is 4.74 Å². The van der Waals surface area contributed by atoms with Gasteiger partial charge in [-0.05, 0) is 30.3 Å². The van der Waals surface area contributed by atoms with Crippen molar-refractivity contribution >= 4 is 23.9 Å². The lowest BCUT2D eigenvalue weighted by molar-refractivity contribution is -0.119. The quantitative estimate of drug-likeness (QED) is 0.818. The van der Waals surface area contributed by atoms with E-state index >= 15 is 0 Å². The molecule has 1 heterocycles. The summed E-state index contributed by atoms with van der Waals surface area (Å²) in [5, 5.41) is 2.80. The Hall–Kier alpha value is -3.35. The number of hydrogen-bond acceptors (Lipinski definition) is 4. The molecule has 0 atom stereocenters. The van der Waals surface area contributed by atoms with Crippen molar-refractivity contribution in [2.45, 2.75) is 0 Å². The van der Waals surface area contributed by atoms with Crippen molar-refractivity contribution in [3.63, 3.8) is 0 Å². The van der Waals surface area contributed by atoms with Crippen LogP contribution in [-0.2, 0) is 4.79 Å². The summed E-state index contributed by atoms with van der Waals surface area (Å²) in [5.74, 6) is 0.200. The van der Waals surface area contributed by atoms with Crippen LogP contribution >= 0.6 is 0 Å². The smallest absolute Gasteiger partial charge is 0.255 e. The monoisotopic (exact) mass is 367 g/mol. The van der Waals surface area contributed by atoms with E-state index in [0.29, 0.717) is 48.7 Å². The van der Waals surface area contributed by atoms with E-state index in [0.717, 1.165) is 6.41 Å². The predicted molar refractivity (Wildman–Crippen MR) is 101 cm³/mol. The van der Waals surface area contributed by atoms with E-state index in [9.17, 15) is 14.4 Å². The molecule has 2 aromatic carbocycles. The van der Waals surface area contributed by atoms with Crippen LogP contribution < -0.4 is 10.1 Å². The third-order valence-electron chi connectivity index (χ3n) is 4.45. The second-order valence-electron chi connectivity index (χ2n) is 6.20. The van der Waals surface area contributed by atoms with Crippen LogP contribution in [0.25, 0.3) is 0 Å². The van der Waals surface area contributed by atoms with Crippen LogP contribution in [0.2, 0.25) is 0 Å². The summed E-state index contributed by atoms with van der Waals surface area (Å²) in [5.41, 5.74) is 1.46. The number of carbonyl (C=O) groups excluding carboxylic acids is 3. The number of nitrogens with one attached hydrogen (secondary N) is 1. The van der Waals surface area contributed by atoms with Crippen LogP contribution in [-0.4, -0.2) is 61.3 Å². The van der Waals surface area contributed by atoms with E-state index in [1.165, 1.54) is 0 Å². The van der Waals surface area contributed by atoms with Gasteiger partial charge >= 0.3 is 0 Å². The SMILES string of the molecule is COc1cccc(NC(=O)c2cccc(C(=O)N3CCN(C=O)CC3)c2)c1. The molecule has 0 saturated carbocycles. The number of hydrogen-bond donors (Lipinski definition) is 1. The van der Waals surface area contributed by atoms with Crippen molar-refractivity contribution in [1.82, 2.24) is 9.80 Å². The number of rotatable bonds is 5. The summed E-state index contributed by atoms with van der Waals surface area (Å²) < 4.78 is 5.15. The molecular formula is C20H21N3O4. The highest BCUT2D eigenvalue weighted by molar-refractivity contribution is 6.06. The molecule has 140 valence electrons. The molecule has 0 aromatic heterocycles. The topological polar surface area (TPSA) is 79.0 Å². The van der Waals surface area contributed by atoms with Gasteiger partial charge in [-0.2, -0.15) is 0 Å². The molecule has 7 nitrogen and oxygen atoms in total. The van der Waals surface area contributed by atoms with Crippen LogP contribution in [0.5, 0.6) is 5.75 Å². The zero-order chi connectivity index (χ0) is 19.2. The molecule has 3 amide bonds. The fourth-order valence-corrected chi connectivity index (χ4v) is 2.91. The van der Waals surface area contributed by atoms with Crippen LogP contribution in [0.15, 0.2) is 48.5 Å². The molecule has 1 saturated heterocycles. The van der Waals surface area contributed by atoms with Gasteiger partial charge in [-0.3, -0.25) is 14.4 Å². The van der Waals surface area contributed by atoms with E-state index in [1.807, 2.05) is 0 Å². The molecular weight excluding hydrogens is 346 g/mol. The first-order valence-electron chi connectivity index (χ1n) is 8.65. The zero-order valence-electron chi connectivity index (χ0n) is 15.1. The lowest BCUT2D eigenvalue weighted by Crippen LogP contribution is -2.48. The van der Waals surface area contributed by atoms with Gasteiger partial charge in [0.2, 0.25) is 6.41 Å². The fourth-order valence-electron chi connectivity index (χ4n) is 2.91. The zero-order valence-corrected chi connectivity index (χ0v) is 15.1. The minimum atomic E-state index is -0.302. The second kappa shape index (κ2) is 8.35. The van der Waals surface area contributed by atoms with E-state index < -0.39 is 0 Å². The number of nitrogens with zero attached hydrogens (tertiary/aromatic N) is 2. The maximum atomic E-state index is 12.7. The van der Waals surface area contributed by atoms with Gasteiger partial charge in [0, 0.05) is 49.1 Å². The molecule has 7 heteroatoms. The van der Waals surface area contributed by atoms with Crippen molar-refractivity contribution in [2.75, 3.05) is 38.6 Å². The number of methoxy groups -OCH3 is 1. The molecule has 0 radical (unpaired) electrons. The van der Waals surface area contributed by atoms with E-state index in [2.05, 4.69) is 5.32 Å². The Bertz CT molecular complexity index is 845. The first-order valence-corrected chi connectivity index (χ1v) is 8.65. The third-order valence-corrected chi connectivity index (χ3v) is 4.45. The number of piperazine rings is 1. The van der Waals surface area contributed by atoms with Gasteiger partial charge in [0.25, 0.3) is 11.8 Å². The normalized spacial score (nSPS) is 13.8. The lowest BCUT2D eigenvalue weighted by atomic mass is 10.1. The van der Waals surface area contributed by atoms with Gasteiger partial charge in [0.15, 0.2) is 0 Å². The van der Waals surface area contributed by atoms with Crippen LogP contribution in [0.3, 0.4) is 0 Å². The average Bonchev–Trinajstić information content (AvgIpc) is 2.73. The number of benzene rings is 2. The van der Waals surface area contributed by atoms with Gasteiger partial charge < -0.3 is 19.9 Å². The molecule has 27 heavy (non-hydrogen) atoms. The highest BCUT2D eigenvalue weighted by atomic mass is 16.5. The minimum Gasteiger partial charge on any atom is -0.497 e. The van der Waals surface area contributed by atoms with Crippen molar-refractivity contribution in [2.24, 2.45) is 0 Å². The number of ether oxygens (including phenoxy) is 1. The summed E-state index contributed by atoms with van der Waals surface area (Å²) in [6.07, 6.45) is 0.797.